The molecule has 0 bridgehead atoms. The Morgan fingerprint density at radius 3 is 2.05 bits per heavy atom. The van der Waals surface area contributed by atoms with Crippen molar-refractivity contribution in [1.29, 1.82) is 0 Å². The summed E-state index contributed by atoms with van der Waals surface area (Å²) in [5.41, 5.74) is 2.43. The summed E-state index contributed by atoms with van der Waals surface area (Å²) in [4.78, 5) is 6.09. The molecule has 1 aromatic carbocycles. The monoisotopic (exact) mass is 297 g/mol. The molecule has 1 aliphatic rings. The predicted molar refractivity (Wildman–Crippen MR) is 82.1 cm³/mol. The third-order valence-corrected chi connectivity index (χ3v) is 4.44. The third kappa shape index (κ3) is 5.40. The lowest BCUT2D eigenvalue weighted by molar-refractivity contribution is 0.584. The Hall–Kier alpha value is -1.24. The highest BCUT2D eigenvalue weighted by Crippen LogP contribution is 2.13. The second kappa shape index (κ2) is 8.14. The number of rotatable bonds is 2. The number of hydrazine groups is 1. The lowest BCUT2D eigenvalue weighted by Gasteiger charge is -2.10. The first-order valence-corrected chi connectivity index (χ1v) is 8.21. The molecule has 112 valence electrons. The fourth-order valence-electron chi connectivity index (χ4n) is 1.97. The topological polar surface area (TPSA) is 84.5 Å². The number of nitrogens with zero attached hydrogens (tertiary/aromatic N) is 1. The SMILES string of the molecule is CN=C1CCCCC1.Cc1ccc(S(=O)(=O)NN)cc1. The quantitative estimate of drug-likeness (QED) is 0.648. The Balaban J connectivity index is 0.000000217. The van der Waals surface area contributed by atoms with Crippen LogP contribution in [-0.2, 0) is 10.0 Å². The zero-order valence-electron chi connectivity index (χ0n) is 12.1. The molecule has 0 unspecified atom stereocenters. The lowest BCUT2D eigenvalue weighted by atomic mass is 9.99. The van der Waals surface area contributed by atoms with Crippen molar-refractivity contribution >= 4 is 15.7 Å². The van der Waals surface area contributed by atoms with E-state index in [0.717, 1.165) is 5.56 Å². The summed E-state index contributed by atoms with van der Waals surface area (Å²) in [7, 11) is -1.58. The van der Waals surface area contributed by atoms with Gasteiger partial charge in [-0.1, -0.05) is 24.1 Å². The number of sulfonamides is 1. The maximum absolute atomic E-state index is 11.1. The lowest BCUT2D eigenvalue weighted by Crippen LogP contribution is -2.30. The van der Waals surface area contributed by atoms with Crippen LogP contribution >= 0.6 is 0 Å². The number of aryl methyl sites for hydroxylation is 1. The molecule has 0 heterocycles. The van der Waals surface area contributed by atoms with Crippen molar-refractivity contribution in [3.05, 3.63) is 29.8 Å². The third-order valence-electron chi connectivity index (χ3n) is 3.23. The minimum absolute atomic E-state index is 0.176. The Kier molecular flexibility index (Phi) is 6.84. The van der Waals surface area contributed by atoms with Crippen LogP contribution in [0.15, 0.2) is 34.2 Å². The second-order valence-corrected chi connectivity index (χ2v) is 6.50. The number of benzene rings is 1. The average molecular weight is 297 g/mol. The van der Waals surface area contributed by atoms with Gasteiger partial charge in [-0.15, -0.1) is 0 Å². The molecule has 1 aromatic rings. The van der Waals surface area contributed by atoms with E-state index >= 15 is 0 Å². The Labute approximate surface area is 121 Å². The molecule has 20 heavy (non-hydrogen) atoms. The molecular weight excluding hydrogens is 274 g/mol. The highest BCUT2D eigenvalue weighted by molar-refractivity contribution is 7.89. The standard InChI is InChI=1S/C7H10N2O2S.C7H13N/c1-6-2-4-7(5-3-6)12(10,11)9-8;1-8-7-5-3-2-4-6-7/h2-5,9H,8H2,1H3;2-6H2,1H3. The van der Waals surface area contributed by atoms with Gasteiger partial charge in [-0.25, -0.2) is 8.42 Å². The first-order valence-electron chi connectivity index (χ1n) is 6.73. The van der Waals surface area contributed by atoms with Gasteiger partial charge in [-0.05, 0) is 44.7 Å². The number of hydrogen-bond donors (Lipinski definition) is 2. The highest BCUT2D eigenvalue weighted by Gasteiger charge is 2.09. The van der Waals surface area contributed by atoms with Crippen molar-refractivity contribution in [2.24, 2.45) is 10.8 Å². The molecule has 0 amide bonds. The maximum atomic E-state index is 11.1. The molecule has 1 saturated carbocycles. The van der Waals surface area contributed by atoms with Crippen LogP contribution in [0.4, 0.5) is 0 Å². The number of aliphatic imine (C=N–C) groups is 1. The van der Waals surface area contributed by atoms with E-state index in [1.54, 1.807) is 17.0 Å². The highest BCUT2D eigenvalue weighted by atomic mass is 32.2. The van der Waals surface area contributed by atoms with Gasteiger partial charge >= 0.3 is 0 Å². The van der Waals surface area contributed by atoms with Crippen LogP contribution in [0.3, 0.4) is 0 Å². The van der Waals surface area contributed by atoms with E-state index in [2.05, 4.69) is 4.99 Å². The van der Waals surface area contributed by atoms with Gasteiger partial charge in [0.05, 0.1) is 4.90 Å². The van der Waals surface area contributed by atoms with Gasteiger partial charge in [-0.2, -0.15) is 4.83 Å². The molecule has 0 saturated heterocycles. The fraction of sp³-hybridized carbons (Fsp3) is 0.500. The van der Waals surface area contributed by atoms with Crippen LogP contribution in [0.25, 0.3) is 0 Å². The van der Waals surface area contributed by atoms with Crippen LogP contribution in [-0.4, -0.2) is 21.2 Å². The van der Waals surface area contributed by atoms with E-state index in [0.29, 0.717) is 0 Å². The molecule has 0 spiro atoms. The predicted octanol–water partition coefficient (Wildman–Crippen LogP) is 2.17. The Bertz CT molecular complexity index is 528. The smallest absolute Gasteiger partial charge is 0.253 e. The van der Waals surface area contributed by atoms with E-state index in [1.807, 2.05) is 14.0 Å². The van der Waals surface area contributed by atoms with Crippen molar-refractivity contribution in [2.75, 3.05) is 7.05 Å². The van der Waals surface area contributed by atoms with Gasteiger partial charge in [0.1, 0.15) is 0 Å². The second-order valence-electron chi connectivity index (χ2n) is 4.78. The molecule has 0 aliphatic heterocycles. The van der Waals surface area contributed by atoms with E-state index < -0.39 is 10.0 Å². The Morgan fingerprint density at radius 2 is 1.65 bits per heavy atom. The average Bonchev–Trinajstić information content (AvgIpc) is 2.49. The zero-order chi connectivity index (χ0) is 15.0. The summed E-state index contributed by atoms with van der Waals surface area (Å²) in [5.74, 6) is 4.84. The normalized spacial score (nSPS) is 15.2. The summed E-state index contributed by atoms with van der Waals surface area (Å²) in [6.07, 6.45) is 6.67. The van der Waals surface area contributed by atoms with Gasteiger partial charge in [-0.3, -0.25) is 10.8 Å². The number of hydrogen-bond acceptors (Lipinski definition) is 4. The van der Waals surface area contributed by atoms with Crippen LogP contribution in [0.1, 0.15) is 37.7 Å². The fourth-order valence-corrected chi connectivity index (χ4v) is 2.60. The minimum atomic E-state index is -3.49. The van der Waals surface area contributed by atoms with Crippen molar-refractivity contribution in [2.45, 2.75) is 43.9 Å². The minimum Gasteiger partial charge on any atom is -0.297 e. The van der Waals surface area contributed by atoms with Crippen LogP contribution in [0.5, 0.6) is 0 Å². The molecule has 0 radical (unpaired) electrons. The van der Waals surface area contributed by atoms with E-state index in [9.17, 15) is 8.42 Å². The molecular formula is C14H23N3O2S. The van der Waals surface area contributed by atoms with Gasteiger partial charge < -0.3 is 0 Å². The molecule has 1 fully saturated rings. The molecule has 2 rings (SSSR count). The summed E-state index contributed by atoms with van der Waals surface area (Å²) >= 11 is 0. The molecule has 6 heteroatoms. The Morgan fingerprint density at radius 1 is 1.10 bits per heavy atom. The summed E-state index contributed by atoms with van der Waals surface area (Å²) in [6.45, 7) is 1.88. The van der Waals surface area contributed by atoms with Gasteiger partial charge in [0.2, 0.25) is 0 Å². The largest absolute Gasteiger partial charge is 0.297 e. The van der Waals surface area contributed by atoms with Gasteiger partial charge in [0.15, 0.2) is 0 Å². The zero-order valence-corrected chi connectivity index (χ0v) is 12.9. The van der Waals surface area contributed by atoms with Gasteiger partial charge in [0.25, 0.3) is 10.0 Å². The van der Waals surface area contributed by atoms with E-state index in [4.69, 9.17) is 5.84 Å². The van der Waals surface area contributed by atoms with Crippen molar-refractivity contribution in [1.82, 2.24) is 4.83 Å². The van der Waals surface area contributed by atoms with Crippen LogP contribution < -0.4 is 10.7 Å². The molecule has 5 nitrogen and oxygen atoms in total. The van der Waals surface area contributed by atoms with Crippen molar-refractivity contribution < 1.29 is 8.42 Å². The van der Waals surface area contributed by atoms with E-state index in [-0.39, 0.29) is 4.90 Å². The number of nitrogens with one attached hydrogen (secondary N) is 1. The first-order chi connectivity index (χ1) is 9.49. The summed E-state index contributed by atoms with van der Waals surface area (Å²) in [6, 6.07) is 6.43. The number of nitrogens with two attached hydrogens (primary N) is 1. The molecule has 0 atom stereocenters. The maximum Gasteiger partial charge on any atom is 0.253 e. The summed E-state index contributed by atoms with van der Waals surface area (Å²) in [5, 5.41) is 0. The molecule has 1 aliphatic carbocycles. The van der Waals surface area contributed by atoms with Crippen LogP contribution in [0.2, 0.25) is 0 Å². The van der Waals surface area contributed by atoms with Gasteiger partial charge in [0, 0.05) is 12.8 Å². The van der Waals surface area contributed by atoms with Crippen LogP contribution in [0, 0.1) is 6.92 Å². The summed E-state index contributed by atoms with van der Waals surface area (Å²) < 4.78 is 22.2. The first kappa shape index (κ1) is 16.8. The van der Waals surface area contributed by atoms with Crippen molar-refractivity contribution in [3.63, 3.8) is 0 Å². The molecule has 0 aromatic heterocycles. The van der Waals surface area contributed by atoms with E-state index in [1.165, 1.54) is 49.9 Å². The molecule has 3 N–H and O–H groups in total. The van der Waals surface area contributed by atoms with Crippen molar-refractivity contribution in [3.8, 4) is 0 Å².